The van der Waals surface area contributed by atoms with E-state index in [0.717, 1.165) is 55.2 Å². The van der Waals surface area contributed by atoms with Gasteiger partial charge >= 0.3 is 0 Å². The van der Waals surface area contributed by atoms with Crippen LogP contribution in [0.25, 0.3) is 0 Å². The molecule has 3 rings (SSSR count). The minimum atomic E-state index is -0.302. The van der Waals surface area contributed by atoms with Crippen LogP contribution in [0.3, 0.4) is 0 Å². The van der Waals surface area contributed by atoms with Gasteiger partial charge in [0.2, 0.25) is 5.91 Å². The molecule has 7 heteroatoms. The highest BCUT2D eigenvalue weighted by Gasteiger charge is 2.27. The van der Waals surface area contributed by atoms with Crippen molar-refractivity contribution in [1.82, 2.24) is 14.8 Å². The van der Waals surface area contributed by atoms with Crippen molar-refractivity contribution in [3.8, 4) is 0 Å². The van der Waals surface area contributed by atoms with E-state index in [1.165, 1.54) is 0 Å². The molecule has 0 bridgehead atoms. The fourth-order valence-corrected chi connectivity index (χ4v) is 3.96. The average molecular weight is 423 g/mol. The molecule has 0 spiro atoms. The normalized spacial score (nSPS) is 17.0. The molecule has 2 aliphatic heterocycles. The second kappa shape index (κ2) is 13.6. The number of hydrogen-bond acceptors (Lipinski definition) is 5. The van der Waals surface area contributed by atoms with Gasteiger partial charge in [0.1, 0.15) is 0 Å². The van der Waals surface area contributed by atoms with Gasteiger partial charge in [-0.15, -0.1) is 11.8 Å². The largest absolute Gasteiger partial charge is 0.333 e. The van der Waals surface area contributed by atoms with Gasteiger partial charge in [0.05, 0.1) is 29.7 Å². The zero-order valence-corrected chi connectivity index (χ0v) is 19.5. The summed E-state index contributed by atoms with van der Waals surface area (Å²) in [5.41, 5.74) is 7.56. The summed E-state index contributed by atoms with van der Waals surface area (Å²) in [5.74, 6) is 2.43. The lowest BCUT2D eigenvalue weighted by Crippen LogP contribution is -2.45. The molecule has 0 aromatic carbocycles. The quantitative estimate of drug-likeness (QED) is 0.755. The summed E-state index contributed by atoms with van der Waals surface area (Å²) in [6.07, 6.45) is 4.90. The van der Waals surface area contributed by atoms with Gasteiger partial charge in [-0.3, -0.25) is 14.6 Å². The first-order valence-electron chi connectivity index (χ1n) is 10.8. The Morgan fingerprint density at radius 1 is 1.34 bits per heavy atom. The Balaban J connectivity index is 0.000000268. The average Bonchev–Trinajstić information content (AvgIpc) is 3.41. The molecule has 0 radical (unpaired) electrons. The van der Waals surface area contributed by atoms with Crippen LogP contribution in [0.5, 0.6) is 0 Å². The fourth-order valence-electron chi connectivity index (χ4n) is 3.01. The van der Waals surface area contributed by atoms with Crippen molar-refractivity contribution < 1.29 is 9.59 Å². The number of carbonyl (C=O) groups is 2. The zero-order chi connectivity index (χ0) is 21.8. The van der Waals surface area contributed by atoms with Crippen LogP contribution in [0, 0.1) is 5.92 Å². The number of unbranched alkanes of at least 4 members (excludes halogenated alkanes) is 1. The van der Waals surface area contributed by atoms with Crippen molar-refractivity contribution in [3.63, 3.8) is 0 Å². The third-order valence-electron chi connectivity index (χ3n) is 5.14. The molecule has 1 aromatic heterocycles. The third kappa shape index (κ3) is 7.30. The number of amides is 2. The lowest BCUT2D eigenvalue weighted by Gasteiger charge is -2.23. The zero-order valence-electron chi connectivity index (χ0n) is 18.7. The highest BCUT2D eigenvalue weighted by atomic mass is 32.2. The SMILES string of the molecule is CC.CCC(C)C(N)C(=O)N1CCSC1.CCCCN1Cc2ncccc2C1=O. The van der Waals surface area contributed by atoms with Gasteiger partial charge in [-0.25, -0.2) is 0 Å². The molecule has 2 aliphatic rings. The summed E-state index contributed by atoms with van der Waals surface area (Å²) in [6.45, 7) is 12.6. The van der Waals surface area contributed by atoms with E-state index in [4.69, 9.17) is 5.73 Å². The minimum Gasteiger partial charge on any atom is -0.333 e. The molecule has 0 saturated carbocycles. The summed E-state index contributed by atoms with van der Waals surface area (Å²) < 4.78 is 0. The highest BCUT2D eigenvalue weighted by Crippen LogP contribution is 2.20. The number of nitrogens with two attached hydrogens (primary N) is 1. The molecule has 3 heterocycles. The first kappa shape index (κ1) is 25.4. The van der Waals surface area contributed by atoms with Gasteiger partial charge in [0.15, 0.2) is 0 Å². The Kier molecular flexibility index (Phi) is 11.9. The number of fused-ring (bicyclic) bond motifs is 1. The van der Waals surface area contributed by atoms with E-state index in [1.807, 2.05) is 42.7 Å². The van der Waals surface area contributed by atoms with Crippen LogP contribution in [0.4, 0.5) is 0 Å². The number of rotatable bonds is 6. The fraction of sp³-hybridized carbons (Fsp3) is 0.682. The minimum absolute atomic E-state index is 0.124. The standard InChI is InChI=1S/C11H14N2O.C9H18N2OS.C2H6/c1-2-3-7-13-8-10-9(11(13)14)5-4-6-12-10;1-3-7(2)8(10)9(12)11-4-5-13-6-11;1-2/h4-6H,2-3,7-8H2,1H3;7-8H,3-6,10H2,1-2H3;1-2H3. The molecule has 0 aliphatic carbocycles. The first-order chi connectivity index (χ1) is 14.0. The molecule has 1 aromatic rings. The molecule has 164 valence electrons. The predicted molar refractivity (Wildman–Crippen MR) is 122 cm³/mol. The van der Waals surface area contributed by atoms with Crippen LogP contribution in [-0.4, -0.2) is 57.4 Å². The Labute approximate surface area is 180 Å². The Hall–Kier alpha value is -1.60. The monoisotopic (exact) mass is 422 g/mol. The Morgan fingerprint density at radius 3 is 2.62 bits per heavy atom. The molecular weight excluding hydrogens is 384 g/mol. The van der Waals surface area contributed by atoms with Crippen LogP contribution in [0.1, 0.15) is 69.9 Å². The van der Waals surface area contributed by atoms with Gasteiger partial charge in [0.25, 0.3) is 5.91 Å². The molecule has 2 amide bonds. The van der Waals surface area contributed by atoms with E-state index < -0.39 is 0 Å². The second-order valence-corrected chi connectivity index (χ2v) is 8.20. The number of hydrogen-bond donors (Lipinski definition) is 1. The van der Waals surface area contributed by atoms with Crippen molar-refractivity contribution in [3.05, 3.63) is 29.6 Å². The van der Waals surface area contributed by atoms with Crippen molar-refractivity contribution in [2.45, 2.75) is 66.5 Å². The summed E-state index contributed by atoms with van der Waals surface area (Å²) in [6, 6.07) is 3.38. The van der Waals surface area contributed by atoms with Gasteiger partial charge in [-0.05, 0) is 24.5 Å². The predicted octanol–water partition coefficient (Wildman–Crippen LogP) is 3.76. The molecule has 29 heavy (non-hydrogen) atoms. The van der Waals surface area contributed by atoms with Crippen LogP contribution in [0.2, 0.25) is 0 Å². The van der Waals surface area contributed by atoms with Gasteiger partial charge in [-0.1, -0.05) is 47.5 Å². The van der Waals surface area contributed by atoms with Crippen molar-refractivity contribution in [2.75, 3.05) is 24.7 Å². The summed E-state index contributed by atoms with van der Waals surface area (Å²) in [4.78, 5) is 31.5. The smallest absolute Gasteiger partial charge is 0.256 e. The third-order valence-corrected chi connectivity index (χ3v) is 6.10. The molecule has 6 nitrogen and oxygen atoms in total. The first-order valence-corrected chi connectivity index (χ1v) is 12.0. The Bertz CT molecular complexity index is 635. The van der Waals surface area contributed by atoms with Crippen LogP contribution in [-0.2, 0) is 11.3 Å². The lowest BCUT2D eigenvalue weighted by molar-refractivity contribution is -0.132. The number of pyridine rings is 1. The maximum absolute atomic E-state index is 11.8. The number of carbonyl (C=O) groups excluding carboxylic acids is 2. The molecule has 2 unspecified atom stereocenters. The van der Waals surface area contributed by atoms with Crippen LogP contribution < -0.4 is 5.73 Å². The highest BCUT2D eigenvalue weighted by molar-refractivity contribution is 7.99. The Morgan fingerprint density at radius 2 is 2.07 bits per heavy atom. The van der Waals surface area contributed by atoms with Crippen LogP contribution >= 0.6 is 11.8 Å². The van der Waals surface area contributed by atoms with E-state index in [-0.39, 0.29) is 23.8 Å². The molecule has 1 saturated heterocycles. The van der Waals surface area contributed by atoms with Crippen molar-refractivity contribution >= 4 is 23.6 Å². The topological polar surface area (TPSA) is 79.5 Å². The molecular formula is C22H38N4O2S. The molecule has 1 fully saturated rings. The lowest BCUT2D eigenvalue weighted by atomic mass is 9.99. The van der Waals surface area contributed by atoms with E-state index in [9.17, 15) is 9.59 Å². The maximum Gasteiger partial charge on any atom is 0.256 e. The molecule has 2 N–H and O–H groups in total. The molecule has 2 atom stereocenters. The second-order valence-electron chi connectivity index (χ2n) is 7.13. The van der Waals surface area contributed by atoms with Crippen LogP contribution in [0.15, 0.2) is 18.3 Å². The van der Waals surface area contributed by atoms with E-state index in [1.54, 1.807) is 18.0 Å². The number of aromatic nitrogens is 1. The van der Waals surface area contributed by atoms with E-state index in [0.29, 0.717) is 6.54 Å². The van der Waals surface area contributed by atoms with Gasteiger partial charge in [-0.2, -0.15) is 0 Å². The number of thioether (sulfide) groups is 1. The van der Waals surface area contributed by atoms with Crippen molar-refractivity contribution in [2.24, 2.45) is 11.7 Å². The van der Waals surface area contributed by atoms with Gasteiger partial charge < -0.3 is 15.5 Å². The van der Waals surface area contributed by atoms with E-state index >= 15 is 0 Å². The number of nitrogens with zero attached hydrogens (tertiary/aromatic N) is 3. The maximum atomic E-state index is 11.8. The van der Waals surface area contributed by atoms with Gasteiger partial charge in [0, 0.05) is 25.0 Å². The summed E-state index contributed by atoms with van der Waals surface area (Å²) in [7, 11) is 0. The van der Waals surface area contributed by atoms with Crippen molar-refractivity contribution in [1.29, 1.82) is 0 Å². The summed E-state index contributed by atoms with van der Waals surface area (Å²) in [5, 5.41) is 0. The summed E-state index contributed by atoms with van der Waals surface area (Å²) >= 11 is 1.80. The van der Waals surface area contributed by atoms with E-state index in [2.05, 4.69) is 18.8 Å².